The zero-order valence-corrected chi connectivity index (χ0v) is 17.7. The maximum atomic E-state index is 13.5. The van der Waals surface area contributed by atoms with E-state index in [0.29, 0.717) is 13.0 Å². The van der Waals surface area contributed by atoms with E-state index in [4.69, 9.17) is 4.74 Å². The summed E-state index contributed by atoms with van der Waals surface area (Å²) >= 11 is 0. The maximum absolute atomic E-state index is 13.5. The Morgan fingerprint density at radius 3 is 2.27 bits per heavy atom. The number of alkyl halides is 3. The highest BCUT2D eigenvalue weighted by Gasteiger charge is 2.42. The van der Waals surface area contributed by atoms with E-state index in [1.165, 1.54) is 18.2 Å². The summed E-state index contributed by atoms with van der Waals surface area (Å²) in [6.45, 7) is 6.02. The molecule has 1 aliphatic heterocycles. The Hall–Kier alpha value is -2.25. The van der Waals surface area contributed by atoms with Crippen LogP contribution in [0.4, 0.5) is 18.0 Å². The van der Waals surface area contributed by atoms with Crippen molar-refractivity contribution >= 4 is 12.0 Å². The maximum Gasteiger partial charge on any atom is 0.417 e. The number of benzene rings is 1. The SMILES string of the molecule is CC(C)(C)OC(=O)N1CC[C@H](N(C(=O)c2ccccc2C(F)(F)F)C2CCCC2)C1. The fraction of sp³-hybridized carbons (Fsp3) is 0.636. The Balaban J connectivity index is 1.85. The third kappa shape index (κ3) is 5.08. The predicted octanol–water partition coefficient (Wildman–Crippen LogP) is 5.10. The molecule has 1 aromatic rings. The molecule has 0 unspecified atom stereocenters. The number of halogens is 3. The number of carbonyl (C=O) groups excluding carboxylic acids is 2. The molecule has 0 aromatic heterocycles. The first-order valence-electron chi connectivity index (χ1n) is 10.4. The number of hydrogen-bond acceptors (Lipinski definition) is 3. The molecule has 1 aromatic carbocycles. The molecule has 1 atom stereocenters. The molecule has 166 valence electrons. The summed E-state index contributed by atoms with van der Waals surface area (Å²) in [5.41, 5.74) is -1.88. The minimum absolute atomic E-state index is 0.109. The standard InChI is InChI=1S/C22H29F3N2O3/c1-21(2,3)30-20(29)26-13-12-16(14-26)27(15-8-4-5-9-15)19(28)17-10-6-7-11-18(17)22(23,24)25/h6-7,10-11,15-16H,4-5,8-9,12-14H2,1-3H3/t16-/m0/s1. The third-order valence-corrected chi connectivity index (χ3v) is 5.62. The second-order valence-corrected chi connectivity index (χ2v) is 9.06. The van der Waals surface area contributed by atoms with Gasteiger partial charge in [-0.05, 0) is 52.2 Å². The first kappa shape index (κ1) is 22.4. The van der Waals surface area contributed by atoms with E-state index >= 15 is 0 Å². The van der Waals surface area contributed by atoms with Crippen molar-refractivity contribution < 1.29 is 27.5 Å². The number of nitrogens with zero attached hydrogens (tertiary/aromatic N) is 2. The van der Waals surface area contributed by atoms with E-state index in [9.17, 15) is 22.8 Å². The highest BCUT2D eigenvalue weighted by molar-refractivity contribution is 5.96. The molecule has 0 radical (unpaired) electrons. The van der Waals surface area contributed by atoms with Crippen LogP contribution in [0.5, 0.6) is 0 Å². The zero-order chi connectivity index (χ0) is 22.1. The average molecular weight is 426 g/mol. The van der Waals surface area contributed by atoms with Crippen molar-refractivity contribution in [2.75, 3.05) is 13.1 Å². The van der Waals surface area contributed by atoms with Crippen molar-refractivity contribution in [2.45, 2.75) is 76.7 Å². The van der Waals surface area contributed by atoms with Gasteiger partial charge in [-0.3, -0.25) is 4.79 Å². The minimum Gasteiger partial charge on any atom is -0.444 e. The molecule has 1 heterocycles. The second kappa shape index (κ2) is 8.47. The van der Waals surface area contributed by atoms with Crippen LogP contribution >= 0.6 is 0 Å². The first-order valence-corrected chi connectivity index (χ1v) is 10.4. The smallest absolute Gasteiger partial charge is 0.417 e. The number of likely N-dealkylation sites (tertiary alicyclic amines) is 1. The molecule has 5 nitrogen and oxygen atoms in total. The third-order valence-electron chi connectivity index (χ3n) is 5.62. The molecule has 0 N–H and O–H groups in total. The van der Waals surface area contributed by atoms with Gasteiger partial charge >= 0.3 is 12.3 Å². The summed E-state index contributed by atoms with van der Waals surface area (Å²) in [6.07, 6.45) is -1.12. The molecular formula is C22H29F3N2O3. The van der Waals surface area contributed by atoms with Gasteiger partial charge in [-0.25, -0.2) is 4.79 Å². The first-order chi connectivity index (χ1) is 14.0. The van der Waals surface area contributed by atoms with Gasteiger partial charge in [-0.2, -0.15) is 13.2 Å². The fourth-order valence-electron chi connectivity index (χ4n) is 4.33. The monoisotopic (exact) mass is 426 g/mol. The largest absolute Gasteiger partial charge is 0.444 e. The van der Waals surface area contributed by atoms with E-state index in [-0.39, 0.29) is 24.2 Å². The van der Waals surface area contributed by atoms with Gasteiger partial charge in [0.05, 0.1) is 17.2 Å². The number of ether oxygens (including phenoxy) is 1. The van der Waals surface area contributed by atoms with Crippen molar-refractivity contribution in [1.29, 1.82) is 0 Å². The number of rotatable bonds is 3. The second-order valence-electron chi connectivity index (χ2n) is 9.06. The summed E-state index contributed by atoms with van der Waals surface area (Å²) < 4.78 is 46.0. The molecule has 1 saturated heterocycles. The molecule has 30 heavy (non-hydrogen) atoms. The van der Waals surface area contributed by atoms with Crippen LogP contribution in [0, 0.1) is 0 Å². The lowest BCUT2D eigenvalue weighted by atomic mass is 10.0. The lowest BCUT2D eigenvalue weighted by Gasteiger charge is -2.35. The van der Waals surface area contributed by atoms with Crippen LogP contribution in [0.2, 0.25) is 0 Å². The molecule has 1 saturated carbocycles. The van der Waals surface area contributed by atoms with Crippen molar-refractivity contribution in [3.8, 4) is 0 Å². The molecule has 2 fully saturated rings. The van der Waals surface area contributed by atoms with Gasteiger partial charge < -0.3 is 14.5 Å². The molecule has 3 rings (SSSR count). The van der Waals surface area contributed by atoms with Crippen molar-refractivity contribution in [3.63, 3.8) is 0 Å². The van der Waals surface area contributed by atoms with Gasteiger partial charge in [-0.15, -0.1) is 0 Å². The molecule has 0 bridgehead atoms. The highest BCUT2D eigenvalue weighted by Crippen LogP contribution is 2.35. The normalized spacial score (nSPS) is 20.5. The van der Waals surface area contributed by atoms with Gasteiger partial charge in [0, 0.05) is 19.1 Å². The molecule has 8 heteroatoms. The number of carbonyl (C=O) groups is 2. The summed E-state index contributed by atoms with van der Waals surface area (Å²) in [5.74, 6) is -0.606. The molecule has 0 spiro atoms. The van der Waals surface area contributed by atoms with Gasteiger partial charge in [0.15, 0.2) is 0 Å². The van der Waals surface area contributed by atoms with E-state index in [1.807, 2.05) is 0 Å². The van der Waals surface area contributed by atoms with Crippen molar-refractivity contribution in [3.05, 3.63) is 35.4 Å². The van der Waals surface area contributed by atoms with Crippen LogP contribution in [0.25, 0.3) is 0 Å². The highest BCUT2D eigenvalue weighted by atomic mass is 19.4. The summed E-state index contributed by atoms with van der Waals surface area (Å²) in [5, 5.41) is 0. The summed E-state index contributed by atoms with van der Waals surface area (Å²) in [6, 6.07) is 4.50. The number of hydrogen-bond donors (Lipinski definition) is 0. The van der Waals surface area contributed by atoms with Gasteiger partial charge in [0.25, 0.3) is 5.91 Å². The van der Waals surface area contributed by atoms with E-state index in [1.54, 1.807) is 30.6 Å². The van der Waals surface area contributed by atoms with Gasteiger partial charge in [0.2, 0.25) is 0 Å². The Kier molecular flexibility index (Phi) is 6.34. The topological polar surface area (TPSA) is 49.9 Å². The van der Waals surface area contributed by atoms with Crippen LogP contribution in [0.15, 0.2) is 24.3 Å². The zero-order valence-electron chi connectivity index (χ0n) is 17.7. The quantitative estimate of drug-likeness (QED) is 0.676. The average Bonchev–Trinajstić information content (AvgIpc) is 3.32. The van der Waals surface area contributed by atoms with Gasteiger partial charge in [0.1, 0.15) is 5.60 Å². The number of amides is 2. The van der Waals surface area contributed by atoms with E-state index < -0.39 is 29.3 Å². The molecule has 2 amide bonds. The summed E-state index contributed by atoms with van der Waals surface area (Å²) in [4.78, 5) is 29.0. The van der Waals surface area contributed by atoms with Crippen LogP contribution in [-0.2, 0) is 10.9 Å². The lowest BCUT2D eigenvalue weighted by molar-refractivity contribution is -0.138. The fourth-order valence-corrected chi connectivity index (χ4v) is 4.33. The van der Waals surface area contributed by atoms with Crippen LogP contribution in [0.3, 0.4) is 0 Å². The van der Waals surface area contributed by atoms with Crippen LogP contribution in [0.1, 0.15) is 68.8 Å². The van der Waals surface area contributed by atoms with Crippen LogP contribution < -0.4 is 0 Å². The minimum atomic E-state index is -4.61. The summed E-state index contributed by atoms with van der Waals surface area (Å²) in [7, 11) is 0. The van der Waals surface area contributed by atoms with E-state index in [2.05, 4.69) is 0 Å². The molecule has 2 aliphatic rings. The Labute approximate surface area is 175 Å². The molecular weight excluding hydrogens is 397 g/mol. The van der Waals surface area contributed by atoms with E-state index in [0.717, 1.165) is 31.7 Å². The predicted molar refractivity (Wildman–Crippen MR) is 106 cm³/mol. The molecule has 1 aliphatic carbocycles. The Morgan fingerprint density at radius 1 is 1.03 bits per heavy atom. The Bertz CT molecular complexity index is 783. The lowest BCUT2D eigenvalue weighted by Crippen LogP contribution is -2.48. The van der Waals surface area contributed by atoms with Crippen molar-refractivity contribution in [1.82, 2.24) is 9.80 Å². The van der Waals surface area contributed by atoms with Crippen molar-refractivity contribution in [2.24, 2.45) is 0 Å². The van der Waals surface area contributed by atoms with Gasteiger partial charge in [-0.1, -0.05) is 25.0 Å². The Morgan fingerprint density at radius 2 is 1.67 bits per heavy atom. The van der Waals surface area contributed by atoms with Crippen LogP contribution in [-0.4, -0.2) is 52.6 Å².